The van der Waals surface area contributed by atoms with E-state index < -0.39 is 5.97 Å². The van der Waals surface area contributed by atoms with Crippen molar-refractivity contribution in [3.05, 3.63) is 75.4 Å². The van der Waals surface area contributed by atoms with E-state index in [9.17, 15) is 4.79 Å². The van der Waals surface area contributed by atoms with Crippen molar-refractivity contribution < 1.29 is 9.53 Å². The van der Waals surface area contributed by atoms with Gasteiger partial charge in [-0.2, -0.15) is 5.10 Å². The van der Waals surface area contributed by atoms with E-state index in [-0.39, 0.29) is 5.92 Å². The van der Waals surface area contributed by atoms with Crippen molar-refractivity contribution in [3.63, 3.8) is 0 Å². The van der Waals surface area contributed by atoms with Crippen LogP contribution in [0.5, 0.6) is 5.88 Å². The quantitative estimate of drug-likeness (QED) is 0.524. The van der Waals surface area contributed by atoms with Crippen molar-refractivity contribution in [1.29, 1.82) is 0 Å². The normalized spacial score (nSPS) is 11.0. The number of benzene rings is 2. The fourth-order valence-electron chi connectivity index (χ4n) is 2.69. The van der Waals surface area contributed by atoms with Gasteiger partial charge in [0.1, 0.15) is 0 Å². The number of carbonyl (C=O) groups excluding carboxylic acids is 1. The third-order valence-electron chi connectivity index (χ3n) is 4.14. The maximum Gasteiger partial charge on any atom is 0.344 e. The summed E-state index contributed by atoms with van der Waals surface area (Å²) in [7, 11) is 0. The van der Waals surface area contributed by atoms with Gasteiger partial charge >= 0.3 is 5.97 Å². The second kappa shape index (κ2) is 7.46. The van der Waals surface area contributed by atoms with Crippen LogP contribution in [0.2, 0.25) is 0 Å². The van der Waals surface area contributed by atoms with E-state index in [0.29, 0.717) is 11.4 Å². The molecule has 3 aromatic rings. The van der Waals surface area contributed by atoms with Gasteiger partial charge < -0.3 is 4.74 Å². The van der Waals surface area contributed by atoms with E-state index in [2.05, 4.69) is 40.9 Å². The molecule has 0 saturated heterocycles. The molecule has 0 N–H and O–H groups in total. The number of halogens is 1. The topological polar surface area (TPSA) is 44.1 Å². The predicted octanol–water partition coefficient (Wildman–Crippen LogP) is 5.59. The Morgan fingerprint density at radius 3 is 2.38 bits per heavy atom. The zero-order chi connectivity index (χ0) is 18.8. The predicted molar refractivity (Wildman–Crippen MR) is 106 cm³/mol. The molecule has 5 heteroatoms. The molecule has 0 aliphatic heterocycles. The monoisotopic (exact) mass is 412 g/mol. The second-order valence-electron chi connectivity index (χ2n) is 6.66. The molecule has 0 saturated carbocycles. The lowest BCUT2D eigenvalue weighted by molar-refractivity contribution is 0.0723. The maximum atomic E-state index is 12.5. The van der Waals surface area contributed by atoms with Gasteiger partial charge in [0.05, 0.1) is 16.9 Å². The van der Waals surface area contributed by atoms with Crippen LogP contribution in [0, 0.1) is 13.8 Å². The highest BCUT2D eigenvalue weighted by atomic mass is 79.9. The maximum absolute atomic E-state index is 12.5. The van der Waals surface area contributed by atoms with Crippen molar-refractivity contribution in [2.45, 2.75) is 33.6 Å². The fourth-order valence-corrected chi connectivity index (χ4v) is 2.96. The molecule has 0 atom stereocenters. The van der Waals surface area contributed by atoms with E-state index >= 15 is 0 Å². The SMILES string of the molecule is Cc1ccc(-n2nc(C(C)C)cc2OC(=O)c2ccc(Br)cc2)c(C)c1. The molecule has 2 aromatic carbocycles. The number of esters is 1. The Morgan fingerprint density at radius 1 is 1.08 bits per heavy atom. The first-order valence-electron chi connectivity index (χ1n) is 8.50. The highest BCUT2D eigenvalue weighted by molar-refractivity contribution is 9.10. The van der Waals surface area contributed by atoms with Crippen LogP contribution in [0.3, 0.4) is 0 Å². The lowest BCUT2D eigenvalue weighted by Crippen LogP contribution is -2.12. The number of rotatable bonds is 4. The minimum atomic E-state index is -0.404. The van der Waals surface area contributed by atoms with E-state index in [1.165, 1.54) is 5.56 Å². The van der Waals surface area contributed by atoms with Crippen molar-refractivity contribution in [2.24, 2.45) is 0 Å². The summed E-state index contributed by atoms with van der Waals surface area (Å²) in [5.41, 5.74) is 4.53. The zero-order valence-electron chi connectivity index (χ0n) is 15.3. The summed E-state index contributed by atoms with van der Waals surface area (Å²) in [6.07, 6.45) is 0. The number of aryl methyl sites for hydroxylation is 2. The Morgan fingerprint density at radius 2 is 1.77 bits per heavy atom. The van der Waals surface area contributed by atoms with Crippen molar-refractivity contribution in [3.8, 4) is 11.6 Å². The Balaban J connectivity index is 2.00. The molecule has 0 radical (unpaired) electrons. The molecular weight excluding hydrogens is 392 g/mol. The first-order valence-corrected chi connectivity index (χ1v) is 9.30. The largest absolute Gasteiger partial charge is 0.404 e. The van der Waals surface area contributed by atoms with Gasteiger partial charge in [-0.3, -0.25) is 0 Å². The molecule has 0 aliphatic rings. The van der Waals surface area contributed by atoms with Crippen molar-refractivity contribution in [1.82, 2.24) is 9.78 Å². The van der Waals surface area contributed by atoms with Crippen LogP contribution in [0.15, 0.2) is 53.0 Å². The Bertz CT molecular complexity index is 943. The third-order valence-corrected chi connectivity index (χ3v) is 4.67. The summed E-state index contributed by atoms with van der Waals surface area (Å²) in [4.78, 5) is 12.5. The van der Waals surface area contributed by atoms with Crippen molar-refractivity contribution >= 4 is 21.9 Å². The highest BCUT2D eigenvalue weighted by Gasteiger charge is 2.18. The van der Waals surface area contributed by atoms with Crippen LogP contribution in [-0.4, -0.2) is 15.7 Å². The Labute approximate surface area is 161 Å². The summed E-state index contributed by atoms with van der Waals surface area (Å²) in [5.74, 6) is 0.249. The number of aromatic nitrogens is 2. The lowest BCUT2D eigenvalue weighted by atomic mass is 10.1. The molecule has 0 unspecified atom stereocenters. The van der Waals surface area contributed by atoms with Gasteiger partial charge in [0, 0.05) is 10.5 Å². The smallest absolute Gasteiger partial charge is 0.344 e. The molecular formula is C21H21BrN2O2. The van der Waals surface area contributed by atoms with Gasteiger partial charge in [0.2, 0.25) is 5.88 Å². The van der Waals surface area contributed by atoms with E-state index in [1.54, 1.807) is 16.8 Å². The van der Waals surface area contributed by atoms with Crippen LogP contribution in [0.1, 0.15) is 46.9 Å². The van der Waals surface area contributed by atoms with Crippen LogP contribution < -0.4 is 4.74 Å². The molecule has 0 spiro atoms. The summed E-state index contributed by atoms with van der Waals surface area (Å²) in [5, 5.41) is 4.66. The van der Waals surface area contributed by atoms with Gasteiger partial charge in [-0.15, -0.1) is 0 Å². The molecule has 3 rings (SSSR count). The first-order chi connectivity index (χ1) is 12.3. The van der Waals surface area contributed by atoms with Gasteiger partial charge in [-0.05, 0) is 55.7 Å². The summed E-state index contributed by atoms with van der Waals surface area (Å²) < 4.78 is 8.31. The number of hydrogen-bond acceptors (Lipinski definition) is 3. The van der Waals surface area contributed by atoms with E-state index in [1.807, 2.05) is 44.2 Å². The number of nitrogens with zero attached hydrogens (tertiary/aromatic N) is 2. The Hall–Kier alpha value is -2.40. The third kappa shape index (κ3) is 3.88. The van der Waals surface area contributed by atoms with Gasteiger partial charge in [-0.1, -0.05) is 47.5 Å². The lowest BCUT2D eigenvalue weighted by Gasteiger charge is -2.11. The number of carbonyl (C=O) groups is 1. The van der Waals surface area contributed by atoms with Crippen LogP contribution in [0.4, 0.5) is 0 Å². The van der Waals surface area contributed by atoms with Gasteiger partial charge in [0.15, 0.2) is 0 Å². The Kier molecular flexibility index (Phi) is 5.28. The molecule has 0 bridgehead atoms. The van der Waals surface area contributed by atoms with Crippen LogP contribution in [-0.2, 0) is 0 Å². The van der Waals surface area contributed by atoms with E-state index in [4.69, 9.17) is 4.74 Å². The number of ether oxygens (including phenoxy) is 1. The van der Waals surface area contributed by atoms with E-state index in [0.717, 1.165) is 21.4 Å². The average Bonchev–Trinajstić information content (AvgIpc) is 2.99. The minimum Gasteiger partial charge on any atom is -0.404 e. The van der Waals surface area contributed by atoms with Gasteiger partial charge in [-0.25, -0.2) is 9.48 Å². The molecule has 26 heavy (non-hydrogen) atoms. The molecule has 1 aromatic heterocycles. The molecule has 0 amide bonds. The summed E-state index contributed by atoms with van der Waals surface area (Å²) >= 11 is 3.37. The van der Waals surface area contributed by atoms with Crippen LogP contribution >= 0.6 is 15.9 Å². The standard InChI is InChI=1S/C21H21BrN2O2/c1-13(2)18-12-20(26-21(25)16-6-8-17(22)9-7-16)24(23-18)19-10-5-14(3)11-15(19)4/h5-13H,1-4H3. The van der Waals surface area contributed by atoms with Crippen molar-refractivity contribution in [2.75, 3.05) is 0 Å². The highest BCUT2D eigenvalue weighted by Crippen LogP contribution is 2.27. The molecule has 0 aliphatic carbocycles. The molecule has 134 valence electrons. The minimum absolute atomic E-state index is 0.229. The fraction of sp³-hybridized carbons (Fsp3) is 0.238. The summed E-state index contributed by atoms with van der Waals surface area (Å²) in [6.45, 7) is 8.21. The molecule has 4 nitrogen and oxygen atoms in total. The molecule has 0 fully saturated rings. The number of hydrogen-bond donors (Lipinski definition) is 0. The summed E-state index contributed by atoms with van der Waals surface area (Å²) in [6, 6.07) is 15.0. The van der Waals surface area contributed by atoms with Gasteiger partial charge in [0.25, 0.3) is 0 Å². The average molecular weight is 413 g/mol. The molecule has 1 heterocycles. The van der Waals surface area contributed by atoms with Crippen LogP contribution in [0.25, 0.3) is 5.69 Å². The first kappa shape index (κ1) is 18.4. The zero-order valence-corrected chi connectivity index (χ0v) is 16.9. The second-order valence-corrected chi connectivity index (χ2v) is 7.58.